The van der Waals surface area contributed by atoms with Crippen LogP contribution in [0, 0.1) is 0 Å². The Hall–Kier alpha value is -3.20. The second-order valence-electron chi connectivity index (χ2n) is 10.7. The molecule has 0 fully saturated rings. The van der Waals surface area contributed by atoms with Crippen molar-refractivity contribution in [1.82, 2.24) is 0 Å². The van der Waals surface area contributed by atoms with E-state index in [2.05, 4.69) is 0 Å². The van der Waals surface area contributed by atoms with E-state index in [4.69, 9.17) is 37.9 Å². The lowest BCUT2D eigenvalue weighted by Gasteiger charge is -2.22. The molecule has 0 aromatic heterocycles. The van der Waals surface area contributed by atoms with Crippen LogP contribution >= 0.6 is 0 Å². The van der Waals surface area contributed by atoms with E-state index in [0.717, 1.165) is 0 Å². The number of ether oxygens (including phenoxy) is 8. The maximum atomic E-state index is 12.0. The number of benzene rings is 2. The van der Waals surface area contributed by atoms with E-state index in [1.165, 1.54) is 0 Å². The van der Waals surface area contributed by atoms with E-state index in [1.54, 1.807) is 67.5 Å². The van der Waals surface area contributed by atoms with E-state index in [0.29, 0.717) is 57.1 Å². The van der Waals surface area contributed by atoms with E-state index in [9.17, 15) is 5.11 Å². The Balaban J connectivity index is 1.59. The van der Waals surface area contributed by atoms with Gasteiger partial charge in [-0.2, -0.15) is 0 Å². The average Bonchev–Trinajstić information content (AvgIpc) is 3.32. The molecule has 0 radical (unpaired) electrons. The smallest absolute Gasteiger partial charge is 0.246 e. The third-order valence-electron chi connectivity index (χ3n) is 5.76. The van der Waals surface area contributed by atoms with Gasteiger partial charge in [0.1, 0.15) is 6.10 Å². The van der Waals surface area contributed by atoms with Gasteiger partial charge >= 0.3 is 0 Å². The topological polar surface area (TPSA) is 94.1 Å². The van der Waals surface area contributed by atoms with Gasteiger partial charge < -0.3 is 43.0 Å². The van der Waals surface area contributed by atoms with Crippen LogP contribution in [0.25, 0.3) is 0 Å². The lowest BCUT2D eigenvalue weighted by atomic mass is 9.96. The van der Waals surface area contributed by atoms with Crippen molar-refractivity contribution >= 4 is 0 Å². The highest BCUT2D eigenvalue weighted by Crippen LogP contribution is 2.61. The fraction of sp³-hybridized carbons (Fsp3) is 0.520. The van der Waals surface area contributed by atoms with E-state index >= 15 is 0 Å². The molecule has 9 nitrogen and oxygen atoms in total. The van der Waals surface area contributed by atoms with Crippen LogP contribution in [0.5, 0.6) is 46.0 Å². The lowest BCUT2D eigenvalue weighted by Crippen LogP contribution is -2.31. The zero-order chi connectivity index (χ0) is 24.4. The molecule has 1 N–H and O–H groups in total. The van der Waals surface area contributed by atoms with Gasteiger partial charge in [-0.05, 0) is 0 Å². The molecule has 4 heterocycles. The molecular formula is C25H28O9. The van der Waals surface area contributed by atoms with E-state index in [-0.39, 0.29) is 0 Å². The Labute approximate surface area is 197 Å². The summed E-state index contributed by atoms with van der Waals surface area (Å²) in [7, 11) is 0. The van der Waals surface area contributed by atoms with Gasteiger partial charge in [0.15, 0.2) is 46.0 Å². The monoisotopic (exact) mass is 472 g/mol. The Bertz CT molecular complexity index is 1060. The number of hydrogen-bond acceptors (Lipinski definition) is 9. The molecule has 0 saturated carbocycles. The Morgan fingerprint density at radius 3 is 0.941 bits per heavy atom. The molecule has 4 aliphatic heterocycles. The first-order chi connectivity index (χ1) is 15.6. The van der Waals surface area contributed by atoms with Crippen LogP contribution in [0.2, 0.25) is 0 Å². The molecule has 0 aliphatic carbocycles. The van der Waals surface area contributed by atoms with Crippen LogP contribution in [-0.2, 0) is 0 Å². The van der Waals surface area contributed by atoms with Crippen LogP contribution in [0.3, 0.4) is 0 Å². The number of hydrogen-bond donors (Lipinski definition) is 1. The van der Waals surface area contributed by atoms with Crippen molar-refractivity contribution in [2.45, 2.75) is 84.6 Å². The third kappa shape index (κ3) is 3.10. The Kier molecular flexibility index (Phi) is 3.81. The van der Waals surface area contributed by atoms with Gasteiger partial charge in [-0.1, -0.05) is 0 Å². The second-order valence-corrected chi connectivity index (χ2v) is 10.7. The van der Waals surface area contributed by atoms with Crippen LogP contribution < -0.4 is 37.9 Å². The number of rotatable bonds is 2. The van der Waals surface area contributed by atoms with Crippen molar-refractivity contribution in [3.05, 3.63) is 23.3 Å². The second kappa shape index (κ2) is 6.07. The predicted octanol–water partition coefficient (Wildman–Crippen LogP) is 4.80. The first-order valence-electron chi connectivity index (χ1n) is 11.3. The number of aliphatic hydroxyl groups is 1. The van der Waals surface area contributed by atoms with Crippen molar-refractivity contribution in [2.75, 3.05) is 0 Å². The van der Waals surface area contributed by atoms with Crippen LogP contribution in [0.1, 0.15) is 72.6 Å². The molecule has 2 aromatic rings. The summed E-state index contributed by atoms with van der Waals surface area (Å²) in [6.07, 6.45) is -1.31. The molecule has 0 amide bonds. The minimum atomic E-state index is -1.31. The lowest BCUT2D eigenvalue weighted by molar-refractivity contribution is -0.0503. The molecule has 4 aliphatic rings. The quantitative estimate of drug-likeness (QED) is 0.661. The molecule has 6 rings (SSSR count). The summed E-state index contributed by atoms with van der Waals surface area (Å²) in [5.41, 5.74) is 0.696. The van der Waals surface area contributed by atoms with Crippen LogP contribution in [0.15, 0.2) is 12.1 Å². The third-order valence-corrected chi connectivity index (χ3v) is 5.76. The number of aliphatic hydroxyl groups excluding tert-OH is 1. The normalized spacial score (nSPS) is 22.4. The molecule has 182 valence electrons. The molecule has 34 heavy (non-hydrogen) atoms. The highest BCUT2D eigenvalue weighted by atomic mass is 16.8. The molecule has 2 aromatic carbocycles. The SMILES string of the molecule is CC1(C)Oc2cc3c(c(C(O)c4c5c(cc6c4OC(C)(C)O6)OC(C)(C)O5)c2O1)OC(C)(C)O3. The zero-order valence-electron chi connectivity index (χ0n) is 20.4. The minimum Gasteiger partial charge on any atom is -0.449 e. The summed E-state index contributed by atoms with van der Waals surface area (Å²) in [5.74, 6) is -0.540. The predicted molar refractivity (Wildman–Crippen MR) is 118 cm³/mol. The summed E-state index contributed by atoms with van der Waals surface area (Å²) in [5, 5.41) is 12.0. The Morgan fingerprint density at radius 1 is 0.471 bits per heavy atom. The van der Waals surface area contributed by atoms with Crippen molar-refractivity contribution in [1.29, 1.82) is 0 Å². The van der Waals surface area contributed by atoms with Crippen molar-refractivity contribution in [2.24, 2.45) is 0 Å². The molecule has 0 saturated heterocycles. The van der Waals surface area contributed by atoms with Gasteiger partial charge in [-0.25, -0.2) is 0 Å². The van der Waals surface area contributed by atoms with Crippen molar-refractivity contribution < 1.29 is 43.0 Å². The van der Waals surface area contributed by atoms with Gasteiger partial charge in [-0.15, -0.1) is 0 Å². The Morgan fingerprint density at radius 2 is 0.706 bits per heavy atom. The average molecular weight is 472 g/mol. The first kappa shape index (κ1) is 21.3. The summed E-state index contributed by atoms with van der Waals surface area (Å²) in [6, 6.07) is 3.44. The zero-order valence-corrected chi connectivity index (χ0v) is 20.4. The van der Waals surface area contributed by atoms with Gasteiger partial charge in [-0.3, -0.25) is 0 Å². The molecule has 0 spiro atoms. The summed E-state index contributed by atoms with van der Waals surface area (Å²) in [6.45, 7) is 14.3. The van der Waals surface area contributed by atoms with Crippen LogP contribution in [-0.4, -0.2) is 28.3 Å². The summed E-state index contributed by atoms with van der Waals surface area (Å²) >= 11 is 0. The molecule has 9 heteroatoms. The standard InChI is InChI=1S/C25H28O9/c1-22(2)27-11-9-12-19(32-23(3,4)28-12)15(18(11)31-22)17(26)16-20-13(29-24(5,6)33-20)10-14-21(16)34-25(7,8)30-14/h9-10,17,26H,1-8H3. The van der Waals surface area contributed by atoms with E-state index in [1.807, 2.05) is 0 Å². The molecule has 0 atom stereocenters. The highest BCUT2D eigenvalue weighted by molar-refractivity contribution is 5.71. The molecular weight excluding hydrogens is 444 g/mol. The minimum absolute atomic E-state index is 0.348. The van der Waals surface area contributed by atoms with E-state index < -0.39 is 29.3 Å². The maximum absolute atomic E-state index is 12.0. The van der Waals surface area contributed by atoms with Gasteiger partial charge in [0.2, 0.25) is 23.1 Å². The summed E-state index contributed by atoms with van der Waals surface area (Å²) < 4.78 is 48.4. The maximum Gasteiger partial charge on any atom is 0.246 e. The largest absolute Gasteiger partial charge is 0.449 e. The fourth-order valence-corrected chi connectivity index (χ4v) is 4.73. The number of fused-ring (bicyclic) bond motifs is 4. The molecule has 0 bridgehead atoms. The fourth-order valence-electron chi connectivity index (χ4n) is 4.73. The van der Waals surface area contributed by atoms with Gasteiger partial charge in [0.05, 0.1) is 11.1 Å². The van der Waals surface area contributed by atoms with Crippen molar-refractivity contribution in [3.8, 4) is 46.0 Å². The van der Waals surface area contributed by atoms with Crippen LogP contribution in [0.4, 0.5) is 0 Å². The first-order valence-corrected chi connectivity index (χ1v) is 11.3. The highest BCUT2D eigenvalue weighted by Gasteiger charge is 2.48. The molecule has 0 unspecified atom stereocenters. The van der Waals surface area contributed by atoms with Gasteiger partial charge in [0, 0.05) is 67.5 Å². The van der Waals surface area contributed by atoms with Crippen molar-refractivity contribution in [3.63, 3.8) is 0 Å². The summed E-state index contributed by atoms with van der Waals surface area (Å²) in [4.78, 5) is 0. The van der Waals surface area contributed by atoms with Gasteiger partial charge in [0.25, 0.3) is 0 Å².